The van der Waals surface area contributed by atoms with Crippen LogP contribution in [0.15, 0.2) is 72.9 Å². The predicted octanol–water partition coefficient (Wildman–Crippen LogP) is 11.4. The second kappa shape index (κ2) is 20.9. The first-order valence-corrected chi connectivity index (χ1v) is 25.9. The molecular weight excluding hydrogens is 693 g/mol. The van der Waals surface area contributed by atoms with E-state index in [4.69, 9.17) is 13.6 Å². The Morgan fingerprint density at radius 2 is 1.40 bits per heavy atom. The van der Waals surface area contributed by atoms with E-state index in [0.717, 1.165) is 6.42 Å². The van der Waals surface area contributed by atoms with Crippen molar-refractivity contribution in [1.82, 2.24) is 0 Å². The number of rotatable bonds is 7. The molecule has 304 valence electrons. The minimum atomic E-state index is -2.24. The topological polar surface area (TPSA) is 85.2 Å². The maximum Gasteiger partial charge on any atom is 0.331 e. The zero-order valence-electron chi connectivity index (χ0n) is 36.8. The van der Waals surface area contributed by atoms with Crippen LogP contribution in [-0.2, 0) is 18.4 Å². The van der Waals surface area contributed by atoms with Crippen molar-refractivity contribution in [1.29, 1.82) is 0 Å². The number of carbonyl (C=O) groups excluding carboxylic acids is 1. The van der Waals surface area contributed by atoms with Gasteiger partial charge in [-0.15, -0.1) is 0 Å². The summed E-state index contributed by atoms with van der Waals surface area (Å²) >= 11 is 0. The Morgan fingerprint density at radius 3 is 1.92 bits per heavy atom. The molecule has 8 heteroatoms. The molecule has 0 radical (unpaired) electrons. The van der Waals surface area contributed by atoms with E-state index >= 15 is 0 Å². The molecule has 0 amide bonds. The zero-order valence-corrected chi connectivity index (χ0v) is 38.8. The monoisotopic (exact) mass is 773 g/mol. The lowest BCUT2D eigenvalue weighted by Crippen LogP contribution is -2.50. The molecule has 0 saturated carbocycles. The third-order valence-electron chi connectivity index (χ3n) is 12.1. The minimum absolute atomic E-state index is 0.00146. The summed E-state index contributed by atoms with van der Waals surface area (Å²) in [4.78, 5) is 13.4. The number of aliphatic hydroxyl groups excluding tert-OH is 2. The Bertz CT molecular complexity index is 1300. The molecule has 53 heavy (non-hydrogen) atoms. The van der Waals surface area contributed by atoms with Gasteiger partial charge >= 0.3 is 5.97 Å². The molecule has 1 aliphatic heterocycles. The van der Waals surface area contributed by atoms with Crippen LogP contribution in [-0.4, -0.2) is 63.3 Å². The van der Waals surface area contributed by atoms with Gasteiger partial charge in [0.05, 0.1) is 24.4 Å². The van der Waals surface area contributed by atoms with Crippen molar-refractivity contribution in [2.75, 3.05) is 0 Å². The van der Waals surface area contributed by atoms with Crippen LogP contribution in [0.3, 0.4) is 0 Å². The second-order valence-electron chi connectivity index (χ2n) is 19.2. The molecule has 0 aromatic rings. The van der Waals surface area contributed by atoms with Gasteiger partial charge in [-0.1, -0.05) is 150 Å². The third kappa shape index (κ3) is 15.7. The molecule has 6 nitrogen and oxygen atoms in total. The van der Waals surface area contributed by atoms with E-state index in [0.29, 0.717) is 0 Å². The summed E-state index contributed by atoms with van der Waals surface area (Å²) in [6.45, 7) is 41.7. The van der Waals surface area contributed by atoms with Gasteiger partial charge in [0.15, 0.2) is 16.6 Å². The number of ether oxygens (including phenoxy) is 1. The molecule has 0 aromatic carbocycles. The van der Waals surface area contributed by atoms with E-state index in [1.54, 1.807) is 18.2 Å². The first-order chi connectivity index (χ1) is 24.1. The first kappa shape index (κ1) is 49.2. The molecule has 1 aliphatic rings. The van der Waals surface area contributed by atoms with Gasteiger partial charge in [0, 0.05) is 30.3 Å². The molecular formula is C45H80O6Si2. The Kier molecular flexibility index (Phi) is 19.4. The van der Waals surface area contributed by atoms with Crippen molar-refractivity contribution in [2.45, 2.75) is 170 Å². The third-order valence-corrected chi connectivity index (χ3v) is 21.1. The zero-order chi connectivity index (χ0) is 41.1. The molecule has 2 N–H and O–H groups in total. The summed E-state index contributed by atoms with van der Waals surface area (Å²) in [7, 11) is -4.39. The lowest BCUT2D eigenvalue weighted by molar-refractivity contribution is -0.150. The maximum atomic E-state index is 13.4. The molecule has 0 aliphatic carbocycles. The van der Waals surface area contributed by atoms with Crippen molar-refractivity contribution in [3.05, 3.63) is 72.9 Å². The Hall–Kier alpha value is -1.82. The van der Waals surface area contributed by atoms with Crippen molar-refractivity contribution < 1.29 is 28.6 Å². The summed E-state index contributed by atoms with van der Waals surface area (Å²) < 4.78 is 20.7. The summed E-state index contributed by atoms with van der Waals surface area (Å²) in [5.74, 6) is -0.585. The molecule has 11 atom stereocenters. The van der Waals surface area contributed by atoms with Gasteiger partial charge in [-0.3, -0.25) is 0 Å². The van der Waals surface area contributed by atoms with Crippen LogP contribution in [0.2, 0.25) is 36.3 Å². The van der Waals surface area contributed by atoms with Crippen LogP contribution < -0.4 is 0 Å². The van der Waals surface area contributed by atoms with Gasteiger partial charge in [-0.2, -0.15) is 0 Å². The summed E-state index contributed by atoms with van der Waals surface area (Å²) in [5.41, 5.74) is 1.27. The van der Waals surface area contributed by atoms with E-state index in [1.165, 1.54) is 11.6 Å². The number of allylic oxidation sites excluding steroid dienone is 5. The quantitative estimate of drug-likeness (QED) is 0.116. The van der Waals surface area contributed by atoms with E-state index in [-0.39, 0.29) is 64.2 Å². The predicted molar refractivity (Wildman–Crippen MR) is 231 cm³/mol. The fourth-order valence-electron chi connectivity index (χ4n) is 6.58. The van der Waals surface area contributed by atoms with Crippen LogP contribution in [0.5, 0.6) is 0 Å². The fourth-order valence-corrected chi connectivity index (χ4v) is 9.52. The number of cyclic esters (lactones) is 1. The molecule has 0 aromatic heterocycles. The van der Waals surface area contributed by atoms with Crippen molar-refractivity contribution in [2.24, 2.45) is 35.5 Å². The van der Waals surface area contributed by atoms with Crippen LogP contribution in [0.1, 0.15) is 103 Å². The largest absolute Gasteiger partial charge is 0.458 e. The molecule has 0 fully saturated rings. The molecule has 0 saturated heterocycles. The van der Waals surface area contributed by atoms with E-state index in [2.05, 4.69) is 128 Å². The molecule has 0 unspecified atom stereocenters. The first-order valence-electron chi connectivity index (χ1n) is 20.1. The molecule has 0 spiro atoms. The number of hydrogen-bond acceptors (Lipinski definition) is 6. The van der Waals surface area contributed by atoms with E-state index < -0.39 is 40.9 Å². The number of hydrogen-bond donors (Lipinski definition) is 2. The lowest BCUT2D eigenvalue weighted by atomic mass is 9.81. The van der Waals surface area contributed by atoms with Gasteiger partial charge in [-0.25, -0.2) is 4.79 Å². The second-order valence-corrected chi connectivity index (χ2v) is 28.7. The average Bonchev–Trinajstić information content (AvgIpc) is 3.02. The fraction of sp³-hybridized carbons (Fsp3) is 0.711. The summed E-state index contributed by atoms with van der Waals surface area (Å²) in [5, 5.41) is 21.9. The highest BCUT2D eigenvalue weighted by Gasteiger charge is 2.44. The smallest absolute Gasteiger partial charge is 0.331 e. The van der Waals surface area contributed by atoms with Gasteiger partial charge in [0.25, 0.3) is 0 Å². The van der Waals surface area contributed by atoms with Gasteiger partial charge in [0.1, 0.15) is 6.10 Å². The highest BCUT2D eigenvalue weighted by molar-refractivity contribution is 6.74. The standard InChI is InChI=1S/C45H80O6Si2/c1-19-20-23-33(4)42-37(8)43(51-53(17,18)45(12,13)14)36(7)29-31(2)28-35(6)41(50-52(15,16)44(9,10)11)34(5)26-27-38(46)30-39(47)32(3)24-21-22-25-40(48)49-42/h19-28,32-39,41-43,46-47H,1,29-30H2,2-18H3/b23-20-,24-21+,25-22-,27-26-,31-28-/t32-,33+,34+,35+,36+,37-,38-,39+,41+,42+,43-/m1/s1. The molecule has 0 bridgehead atoms. The Labute approximate surface area is 328 Å². The lowest BCUT2D eigenvalue weighted by Gasteiger charge is -2.45. The van der Waals surface area contributed by atoms with Crippen LogP contribution in [0, 0.1) is 35.5 Å². The van der Waals surface area contributed by atoms with Gasteiger partial charge in [-0.05, 0) is 67.4 Å². The van der Waals surface area contributed by atoms with Crippen LogP contribution >= 0.6 is 0 Å². The Morgan fingerprint density at radius 1 is 0.849 bits per heavy atom. The molecule has 1 rings (SSSR count). The SMILES string of the molecule is C=C/C=C\[C@H](C)[C@@H]1OC(=O)/C=C\C=C\[C@@H](C)[C@@H](O)C[C@H](O)/C=C\[C@H](C)[C@H](O[Si](C)(C)C(C)(C)C)[C@@H](C)/C=C(/C)C[C@H](C)[C@@H](O[Si](C)(C)C(C)(C)C)[C@@H]1C. The van der Waals surface area contributed by atoms with Gasteiger partial charge < -0.3 is 23.8 Å². The molecule has 1 heterocycles. The average molecular weight is 773 g/mol. The normalized spacial score (nSPS) is 34.8. The van der Waals surface area contributed by atoms with Gasteiger partial charge in [0.2, 0.25) is 0 Å². The Balaban J connectivity index is 3.90. The number of aliphatic hydroxyl groups is 2. The maximum absolute atomic E-state index is 13.4. The highest BCUT2D eigenvalue weighted by Crippen LogP contribution is 2.42. The highest BCUT2D eigenvalue weighted by atomic mass is 28.4. The number of esters is 1. The minimum Gasteiger partial charge on any atom is -0.458 e. The van der Waals surface area contributed by atoms with Crippen molar-refractivity contribution >= 4 is 22.6 Å². The summed E-state index contributed by atoms with van der Waals surface area (Å²) in [6, 6.07) is 0. The number of carbonyl (C=O) groups is 1. The van der Waals surface area contributed by atoms with Crippen LogP contribution in [0.25, 0.3) is 0 Å². The van der Waals surface area contributed by atoms with E-state index in [9.17, 15) is 15.0 Å². The van der Waals surface area contributed by atoms with Crippen LogP contribution in [0.4, 0.5) is 0 Å². The van der Waals surface area contributed by atoms with Crippen molar-refractivity contribution in [3.8, 4) is 0 Å². The summed E-state index contributed by atoms with van der Waals surface area (Å²) in [6.07, 6.45) is 17.4. The van der Waals surface area contributed by atoms with E-state index in [1.807, 2.05) is 31.2 Å². The van der Waals surface area contributed by atoms with Crippen molar-refractivity contribution in [3.63, 3.8) is 0 Å².